The molecule has 1 aliphatic rings. The highest BCUT2D eigenvalue weighted by Crippen LogP contribution is 2.44. The van der Waals surface area contributed by atoms with Crippen LogP contribution in [-0.2, 0) is 17.6 Å². The van der Waals surface area contributed by atoms with Crippen LogP contribution in [0, 0.1) is 22.7 Å². The third kappa shape index (κ3) is 3.49. The lowest BCUT2D eigenvalue weighted by Crippen LogP contribution is -2.26. The second-order valence-corrected chi connectivity index (χ2v) is 9.21. The molecule has 0 unspecified atom stereocenters. The van der Waals surface area contributed by atoms with E-state index in [-0.39, 0.29) is 16.1 Å². The number of alkyl halides is 1. The molecule has 3 nitrogen and oxygen atoms in total. The van der Waals surface area contributed by atoms with E-state index in [1.807, 2.05) is 0 Å². The molecule has 5 heteroatoms. The smallest absolute Gasteiger partial charge is 0.238 e. The number of thiophene rings is 1. The van der Waals surface area contributed by atoms with Gasteiger partial charge in [-0.05, 0) is 43.1 Å². The van der Waals surface area contributed by atoms with E-state index in [4.69, 9.17) is 0 Å². The molecular formula is C16H21BrN2OS. The summed E-state index contributed by atoms with van der Waals surface area (Å²) >= 11 is 4.84. The molecule has 1 aromatic heterocycles. The Hall–Kier alpha value is -0.860. The van der Waals surface area contributed by atoms with Crippen molar-refractivity contribution in [3.05, 3.63) is 16.0 Å². The Morgan fingerprint density at radius 2 is 2.19 bits per heavy atom. The third-order valence-electron chi connectivity index (χ3n) is 4.20. The molecule has 1 aromatic rings. The maximum Gasteiger partial charge on any atom is 0.238 e. The van der Waals surface area contributed by atoms with Crippen LogP contribution in [0.2, 0.25) is 0 Å². The number of anilines is 1. The van der Waals surface area contributed by atoms with E-state index >= 15 is 0 Å². The van der Waals surface area contributed by atoms with Crippen LogP contribution in [0.15, 0.2) is 0 Å². The number of amides is 1. The van der Waals surface area contributed by atoms with Gasteiger partial charge in [-0.3, -0.25) is 4.79 Å². The number of hydrogen-bond donors (Lipinski definition) is 1. The largest absolute Gasteiger partial charge is 0.316 e. The minimum atomic E-state index is -0.259. The van der Waals surface area contributed by atoms with Crippen molar-refractivity contribution < 1.29 is 4.79 Å². The summed E-state index contributed by atoms with van der Waals surface area (Å²) in [5.74, 6) is 0.534. The van der Waals surface area contributed by atoms with E-state index in [0.29, 0.717) is 16.5 Å². The molecule has 2 rings (SSSR count). The first-order valence-electron chi connectivity index (χ1n) is 7.23. The lowest BCUT2D eigenvalue weighted by atomic mass is 9.72. The summed E-state index contributed by atoms with van der Waals surface area (Å²) in [5.41, 5.74) is 2.10. The summed E-state index contributed by atoms with van der Waals surface area (Å²) in [7, 11) is 0. The van der Waals surface area contributed by atoms with Gasteiger partial charge in [0.1, 0.15) is 11.1 Å². The van der Waals surface area contributed by atoms with Crippen molar-refractivity contribution in [3.63, 3.8) is 0 Å². The molecule has 0 aliphatic heterocycles. The van der Waals surface area contributed by atoms with Gasteiger partial charge in [0, 0.05) is 4.88 Å². The van der Waals surface area contributed by atoms with Crippen LogP contribution in [0.4, 0.5) is 5.00 Å². The minimum absolute atomic E-state index is 0.0996. The number of rotatable bonds is 2. The first-order chi connectivity index (χ1) is 9.74. The molecule has 0 saturated carbocycles. The zero-order valence-corrected chi connectivity index (χ0v) is 15.3. The molecule has 1 heterocycles. The molecule has 2 atom stereocenters. The summed E-state index contributed by atoms with van der Waals surface area (Å²) < 4.78 is 0. The van der Waals surface area contributed by atoms with E-state index in [9.17, 15) is 10.1 Å². The topological polar surface area (TPSA) is 52.9 Å². The molecule has 0 spiro atoms. The normalized spacial score (nSPS) is 19.5. The molecule has 0 bridgehead atoms. The van der Waals surface area contributed by atoms with Crippen molar-refractivity contribution >= 4 is 38.2 Å². The second kappa shape index (κ2) is 6.10. The highest BCUT2D eigenvalue weighted by molar-refractivity contribution is 9.10. The van der Waals surface area contributed by atoms with Gasteiger partial charge in [0.15, 0.2) is 0 Å². The molecule has 0 radical (unpaired) electrons. The predicted octanol–water partition coefficient (Wildman–Crippen LogP) is 4.49. The first kappa shape index (κ1) is 16.5. The Morgan fingerprint density at radius 1 is 1.52 bits per heavy atom. The number of hydrogen-bond acceptors (Lipinski definition) is 3. The van der Waals surface area contributed by atoms with Gasteiger partial charge in [-0.1, -0.05) is 36.7 Å². The van der Waals surface area contributed by atoms with Gasteiger partial charge in [-0.2, -0.15) is 5.26 Å². The summed E-state index contributed by atoms with van der Waals surface area (Å²) in [6, 6.07) is 2.28. The Labute approximate surface area is 138 Å². The summed E-state index contributed by atoms with van der Waals surface area (Å²) in [5, 5.41) is 13.0. The fourth-order valence-electron chi connectivity index (χ4n) is 2.74. The maximum absolute atomic E-state index is 11.9. The second-order valence-electron chi connectivity index (χ2n) is 6.73. The molecule has 21 heavy (non-hydrogen) atoms. The molecule has 114 valence electrons. The number of nitrogens with one attached hydrogen (secondary N) is 1. The first-order valence-corrected chi connectivity index (χ1v) is 8.96. The van der Waals surface area contributed by atoms with Crippen LogP contribution >= 0.6 is 27.3 Å². The zero-order chi connectivity index (χ0) is 15.8. The number of carbonyl (C=O) groups excluding carboxylic acids is 1. The number of fused-ring (bicyclic) bond motifs is 1. The standard InChI is InChI=1S/C16H21BrN2OS/c1-9(17)14(20)19-15-12(8-18)11-6-5-10(16(2,3)4)7-13(11)21-15/h9-10H,5-7H2,1-4H3,(H,19,20)/t9-,10+/m1/s1. The van der Waals surface area contributed by atoms with Crippen LogP contribution in [0.1, 0.15) is 50.1 Å². The van der Waals surface area contributed by atoms with Gasteiger partial charge < -0.3 is 5.32 Å². The summed E-state index contributed by atoms with van der Waals surface area (Å²) in [6.07, 6.45) is 3.07. The molecule has 1 amide bonds. The lowest BCUT2D eigenvalue weighted by Gasteiger charge is -2.33. The monoisotopic (exact) mass is 368 g/mol. The van der Waals surface area contributed by atoms with Crippen molar-refractivity contribution in [1.82, 2.24) is 0 Å². The molecule has 0 fully saturated rings. The average molecular weight is 369 g/mol. The Balaban J connectivity index is 2.30. The zero-order valence-electron chi connectivity index (χ0n) is 12.9. The highest BCUT2D eigenvalue weighted by atomic mass is 79.9. The molecular weight excluding hydrogens is 348 g/mol. The van der Waals surface area contributed by atoms with E-state index in [1.54, 1.807) is 18.3 Å². The minimum Gasteiger partial charge on any atom is -0.316 e. The SMILES string of the molecule is C[C@@H](Br)C(=O)Nc1sc2c(c1C#N)CC[C@H](C(C)(C)C)C2. The van der Waals surface area contributed by atoms with Crippen LogP contribution in [0.25, 0.3) is 0 Å². The van der Waals surface area contributed by atoms with E-state index < -0.39 is 0 Å². The molecule has 1 N–H and O–H groups in total. The van der Waals surface area contributed by atoms with E-state index in [0.717, 1.165) is 24.8 Å². The van der Waals surface area contributed by atoms with Crippen molar-refractivity contribution in [2.45, 2.75) is 51.8 Å². The van der Waals surface area contributed by atoms with E-state index in [1.165, 1.54) is 4.88 Å². The van der Waals surface area contributed by atoms with Crippen LogP contribution in [0.3, 0.4) is 0 Å². The van der Waals surface area contributed by atoms with E-state index in [2.05, 4.69) is 48.1 Å². The van der Waals surface area contributed by atoms with Crippen LogP contribution < -0.4 is 5.32 Å². The number of halogens is 1. The van der Waals surface area contributed by atoms with Gasteiger partial charge >= 0.3 is 0 Å². The number of carbonyl (C=O) groups is 1. The Bertz CT molecular complexity index is 593. The van der Waals surface area contributed by atoms with Crippen LogP contribution in [0.5, 0.6) is 0 Å². The van der Waals surface area contributed by atoms with Crippen molar-refractivity contribution in [2.75, 3.05) is 5.32 Å². The number of nitrogens with zero attached hydrogens (tertiary/aromatic N) is 1. The maximum atomic E-state index is 11.9. The van der Waals surface area contributed by atoms with Gasteiger partial charge in [-0.25, -0.2) is 0 Å². The summed E-state index contributed by atoms with van der Waals surface area (Å²) in [4.78, 5) is 12.9. The predicted molar refractivity (Wildman–Crippen MR) is 91.0 cm³/mol. The van der Waals surface area contributed by atoms with Crippen molar-refractivity contribution in [3.8, 4) is 6.07 Å². The molecule has 0 saturated heterocycles. The van der Waals surface area contributed by atoms with Crippen molar-refractivity contribution in [1.29, 1.82) is 5.26 Å². The van der Waals surface area contributed by atoms with Gasteiger partial charge in [0.2, 0.25) is 5.91 Å². The highest BCUT2D eigenvalue weighted by Gasteiger charge is 2.32. The lowest BCUT2D eigenvalue weighted by molar-refractivity contribution is -0.115. The van der Waals surface area contributed by atoms with Crippen LogP contribution in [-0.4, -0.2) is 10.7 Å². The fourth-order valence-corrected chi connectivity index (χ4v) is 4.14. The Kier molecular flexibility index (Phi) is 4.79. The fraction of sp³-hybridized carbons (Fsp3) is 0.625. The third-order valence-corrected chi connectivity index (χ3v) is 5.79. The number of nitriles is 1. The van der Waals surface area contributed by atoms with Crippen molar-refractivity contribution in [2.24, 2.45) is 11.3 Å². The molecule has 1 aliphatic carbocycles. The summed E-state index contributed by atoms with van der Waals surface area (Å²) in [6.45, 7) is 8.61. The average Bonchev–Trinajstić information content (AvgIpc) is 2.73. The quantitative estimate of drug-likeness (QED) is 0.781. The molecule has 0 aromatic carbocycles. The Morgan fingerprint density at radius 3 is 2.71 bits per heavy atom. The van der Waals surface area contributed by atoms with Gasteiger partial charge in [0.25, 0.3) is 0 Å². The van der Waals surface area contributed by atoms with Gasteiger partial charge in [0.05, 0.1) is 10.4 Å². The van der Waals surface area contributed by atoms with Gasteiger partial charge in [-0.15, -0.1) is 11.3 Å².